The van der Waals surface area contributed by atoms with Crippen LogP contribution in [0.3, 0.4) is 0 Å². The van der Waals surface area contributed by atoms with Gasteiger partial charge < -0.3 is 4.74 Å². The van der Waals surface area contributed by atoms with Gasteiger partial charge in [0.25, 0.3) is 0 Å². The van der Waals surface area contributed by atoms with Crippen molar-refractivity contribution in [2.75, 3.05) is 0 Å². The molecule has 1 aliphatic heterocycles. The number of alkyl halides is 3. The van der Waals surface area contributed by atoms with Crippen molar-refractivity contribution in [3.8, 4) is 0 Å². The third kappa shape index (κ3) is 1.44. The molecule has 4 atom stereocenters. The van der Waals surface area contributed by atoms with Gasteiger partial charge in [0.1, 0.15) is 6.10 Å². The van der Waals surface area contributed by atoms with E-state index in [0.717, 1.165) is 0 Å². The average Bonchev–Trinajstić information content (AvgIpc) is 2.35. The maximum Gasteiger partial charge on any atom is 0.310 e. The largest absolute Gasteiger partial charge is 0.458 e. The van der Waals surface area contributed by atoms with Crippen molar-refractivity contribution in [2.45, 2.75) is 21.7 Å². The monoisotopic (exact) mass is 378 g/mol. The Morgan fingerprint density at radius 1 is 1.69 bits per heavy atom. The van der Waals surface area contributed by atoms with Gasteiger partial charge in [0.15, 0.2) is 1.79 Å². The number of esters is 1. The van der Waals surface area contributed by atoms with Crippen LogP contribution in [-0.4, -0.2) is 13.9 Å². The molecular formula is C8H9BrClIO2. The molecule has 0 aromatic rings. The highest BCUT2D eigenvalue weighted by molar-refractivity contribution is 14.1. The van der Waals surface area contributed by atoms with Gasteiger partial charge >= 0.3 is 5.97 Å². The molecule has 5 heteroatoms. The molecule has 13 heavy (non-hydrogen) atoms. The van der Waals surface area contributed by atoms with Crippen molar-refractivity contribution < 1.29 is 9.53 Å². The van der Waals surface area contributed by atoms with Gasteiger partial charge in [0.2, 0.25) is 0 Å². The van der Waals surface area contributed by atoms with Gasteiger partial charge in [-0.15, -0.1) is 0 Å². The van der Waals surface area contributed by atoms with E-state index >= 15 is 0 Å². The summed E-state index contributed by atoms with van der Waals surface area (Å²) >= 11 is 11.5. The van der Waals surface area contributed by atoms with Crippen LogP contribution in [0.15, 0.2) is 0 Å². The Bertz CT molecular complexity index is 274. The molecule has 4 unspecified atom stereocenters. The van der Waals surface area contributed by atoms with Gasteiger partial charge in [-0.05, 0) is 28.0 Å². The summed E-state index contributed by atoms with van der Waals surface area (Å²) in [5.74, 6) is 0.234. The molecule has 0 spiro atoms. The van der Waals surface area contributed by atoms with Crippen LogP contribution in [0.2, 0.25) is 0 Å². The Hall–Kier alpha value is 0.970. The summed E-state index contributed by atoms with van der Waals surface area (Å²) in [6.07, 6.45) is -0.206. The molecule has 0 radical (unpaired) electrons. The van der Waals surface area contributed by atoms with Crippen molar-refractivity contribution in [3.63, 3.8) is 0 Å². The second-order valence-corrected chi connectivity index (χ2v) is 10.3. The lowest BCUT2D eigenvalue weighted by molar-refractivity contribution is -0.146. The maximum atomic E-state index is 11.4. The van der Waals surface area contributed by atoms with E-state index < -0.39 is 1.79 Å². The first-order chi connectivity index (χ1) is 5.76. The van der Waals surface area contributed by atoms with Crippen LogP contribution in [0.1, 0.15) is 13.8 Å². The van der Waals surface area contributed by atoms with E-state index in [-0.39, 0.29) is 29.3 Å². The van der Waals surface area contributed by atoms with E-state index in [0.29, 0.717) is 0 Å². The zero-order valence-corrected chi connectivity index (χ0v) is 11.7. The van der Waals surface area contributed by atoms with Crippen molar-refractivity contribution in [2.24, 2.45) is 17.3 Å². The first-order valence-corrected chi connectivity index (χ1v) is 6.28. The SMILES string of the molecule is CC1(C)C2C(=O)OC(C(Cl)(Br)I)C21. The number of hydrogen-bond donors (Lipinski definition) is 0. The Morgan fingerprint density at radius 3 is 2.46 bits per heavy atom. The first kappa shape index (κ1) is 10.5. The predicted octanol–water partition coefficient (Wildman–Crippen LogP) is 2.91. The highest BCUT2D eigenvalue weighted by Gasteiger charge is 2.73. The minimum Gasteiger partial charge on any atom is -0.458 e. The van der Waals surface area contributed by atoms with Crippen LogP contribution < -0.4 is 0 Å². The lowest BCUT2D eigenvalue weighted by Crippen LogP contribution is -2.31. The zero-order chi connectivity index (χ0) is 10.0. The number of carbonyl (C=O) groups is 1. The van der Waals surface area contributed by atoms with Crippen LogP contribution in [0.25, 0.3) is 0 Å². The Kier molecular flexibility index (Phi) is 2.22. The maximum absolute atomic E-state index is 11.4. The van der Waals surface area contributed by atoms with Crippen LogP contribution in [0.5, 0.6) is 0 Å². The van der Waals surface area contributed by atoms with Crippen molar-refractivity contribution in [1.82, 2.24) is 0 Å². The summed E-state index contributed by atoms with van der Waals surface area (Å²) in [6.45, 7) is 4.17. The first-order valence-electron chi connectivity index (χ1n) is 4.03. The molecule has 1 heterocycles. The van der Waals surface area contributed by atoms with Crippen LogP contribution in [-0.2, 0) is 9.53 Å². The van der Waals surface area contributed by atoms with Crippen LogP contribution in [0, 0.1) is 17.3 Å². The number of fused-ring (bicyclic) bond motifs is 1. The van der Waals surface area contributed by atoms with Gasteiger partial charge in [-0.25, -0.2) is 0 Å². The third-order valence-corrected chi connectivity index (χ3v) is 4.34. The van der Waals surface area contributed by atoms with Gasteiger partial charge in [-0.2, -0.15) is 0 Å². The molecule has 2 fully saturated rings. The second-order valence-electron chi connectivity index (χ2n) is 4.22. The van der Waals surface area contributed by atoms with E-state index in [9.17, 15) is 4.79 Å². The number of ether oxygens (including phenoxy) is 1. The summed E-state index contributed by atoms with van der Waals surface area (Å²) < 4.78 is 4.54. The fourth-order valence-electron chi connectivity index (χ4n) is 2.24. The topological polar surface area (TPSA) is 26.3 Å². The molecule has 1 saturated carbocycles. The van der Waals surface area contributed by atoms with Crippen LogP contribution in [0.4, 0.5) is 0 Å². The van der Waals surface area contributed by atoms with Gasteiger partial charge in [0.05, 0.1) is 5.92 Å². The smallest absolute Gasteiger partial charge is 0.310 e. The van der Waals surface area contributed by atoms with E-state index in [1.807, 2.05) is 0 Å². The van der Waals surface area contributed by atoms with E-state index in [1.165, 1.54) is 0 Å². The third-order valence-electron chi connectivity index (χ3n) is 3.06. The van der Waals surface area contributed by atoms with E-state index in [4.69, 9.17) is 16.3 Å². The number of hydrogen-bond acceptors (Lipinski definition) is 2. The second kappa shape index (κ2) is 2.76. The van der Waals surface area contributed by atoms with Crippen molar-refractivity contribution >= 4 is 56.1 Å². The lowest BCUT2D eigenvalue weighted by atomic mass is 10.1. The number of cyclic esters (lactones) is 1. The number of rotatable bonds is 1. The van der Waals surface area contributed by atoms with Crippen molar-refractivity contribution in [1.29, 1.82) is 0 Å². The molecule has 0 amide bonds. The van der Waals surface area contributed by atoms with Crippen molar-refractivity contribution in [3.05, 3.63) is 0 Å². The van der Waals surface area contributed by atoms with E-state index in [2.05, 4.69) is 52.4 Å². The predicted molar refractivity (Wildman–Crippen MR) is 62.2 cm³/mol. The molecule has 1 saturated heterocycles. The fraction of sp³-hybridized carbons (Fsp3) is 0.875. The Balaban J connectivity index is 2.24. The zero-order valence-electron chi connectivity index (χ0n) is 7.18. The number of carbonyl (C=O) groups excluding carboxylic acids is 1. The summed E-state index contributed by atoms with van der Waals surface area (Å²) in [7, 11) is 0. The molecular weight excluding hydrogens is 370 g/mol. The summed E-state index contributed by atoms with van der Waals surface area (Å²) in [5, 5.41) is 0. The lowest BCUT2D eigenvalue weighted by Gasteiger charge is -2.24. The molecule has 0 N–H and O–H groups in total. The standard InChI is InChI=1S/C8H9BrClIO2/c1-7(2)3-4(7)6(12)13-5(3)8(9,10)11/h3-5H,1-2H3. The summed E-state index contributed by atoms with van der Waals surface area (Å²) in [5.41, 5.74) is 0.0685. The summed E-state index contributed by atoms with van der Waals surface area (Å²) in [6, 6.07) is 0. The van der Waals surface area contributed by atoms with Gasteiger partial charge in [-0.3, -0.25) is 4.79 Å². The molecule has 2 nitrogen and oxygen atoms in total. The molecule has 2 aliphatic rings. The Labute approximate surface area is 104 Å². The highest BCUT2D eigenvalue weighted by atomic mass is 127. The minimum absolute atomic E-state index is 0.0583. The normalized spacial score (nSPS) is 45.0. The quantitative estimate of drug-likeness (QED) is 0.398. The van der Waals surface area contributed by atoms with Crippen LogP contribution >= 0.6 is 50.1 Å². The van der Waals surface area contributed by atoms with Gasteiger partial charge in [-0.1, -0.05) is 41.4 Å². The van der Waals surface area contributed by atoms with E-state index in [1.54, 1.807) is 0 Å². The summed E-state index contributed by atoms with van der Waals surface area (Å²) in [4.78, 5) is 11.4. The average molecular weight is 379 g/mol. The molecule has 1 aliphatic carbocycles. The minimum atomic E-state index is -0.659. The molecule has 74 valence electrons. The van der Waals surface area contributed by atoms with Gasteiger partial charge in [0, 0.05) is 5.92 Å². The molecule has 0 bridgehead atoms. The number of halogens is 3. The molecule has 0 aromatic heterocycles. The molecule has 0 aromatic carbocycles. The highest BCUT2D eigenvalue weighted by Crippen LogP contribution is 2.68. The molecule has 2 rings (SSSR count). The fourth-order valence-corrected chi connectivity index (χ4v) is 3.31. The Morgan fingerprint density at radius 2 is 2.23 bits per heavy atom.